The van der Waals surface area contributed by atoms with Crippen molar-refractivity contribution in [2.24, 2.45) is 11.8 Å². The van der Waals surface area contributed by atoms with Crippen LogP contribution in [-0.4, -0.2) is 32.4 Å². The van der Waals surface area contributed by atoms with Gasteiger partial charge in [0.15, 0.2) is 5.78 Å². The van der Waals surface area contributed by atoms with Gasteiger partial charge in [0.05, 0.1) is 17.0 Å². The Labute approximate surface area is 190 Å². The summed E-state index contributed by atoms with van der Waals surface area (Å²) in [5.41, 5.74) is 1.11. The highest BCUT2D eigenvalue weighted by Crippen LogP contribution is 2.39. The largest absolute Gasteiger partial charge is 0.481 e. The van der Waals surface area contributed by atoms with Gasteiger partial charge in [-0.2, -0.15) is 0 Å². The number of H-pyrrole nitrogens is 1. The van der Waals surface area contributed by atoms with Gasteiger partial charge < -0.3 is 15.4 Å². The number of nitrogens with one attached hydrogen (secondary N) is 2. The number of Topliss-reactive ketones (excluding diaryl/α,β-unsaturated/α-hetero) is 1. The average molecular weight is 445 g/mol. The number of hydrogen-bond donors (Lipinski definition) is 3. The number of nitrogens with zero attached hydrogens (tertiary/aromatic N) is 1. The van der Waals surface area contributed by atoms with Gasteiger partial charge in [0.25, 0.3) is 0 Å². The molecule has 1 fully saturated rings. The molecular weight excluding hydrogens is 421 g/mol. The summed E-state index contributed by atoms with van der Waals surface area (Å²) in [7, 11) is 0. The Kier molecular flexibility index (Phi) is 5.32. The third-order valence-corrected chi connectivity index (χ3v) is 6.66. The van der Waals surface area contributed by atoms with Crippen LogP contribution in [0.2, 0.25) is 0 Å². The SMILES string of the molecule is O=C(O)[C@@H]1CCC[C@H]1C(=O)C1(Nc2nc3ccccc3[nH]2)C=CC(c2cccc(F)c2)C=C1. The lowest BCUT2D eigenvalue weighted by molar-refractivity contribution is -0.146. The van der Waals surface area contributed by atoms with Crippen LogP contribution in [0.25, 0.3) is 11.0 Å². The number of aromatic amines is 1. The number of aliphatic carboxylic acids is 1. The number of carboxylic acid groups (broad SMARTS) is 1. The Morgan fingerprint density at radius 1 is 1.06 bits per heavy atom. The van der Waals surface area contributed by atoms with E-state index in [4.69, 9.17) is 0 Å². The molecule has 7 heteroatoms. The zero-order chi connectivity index (χ0) is 23.0. The number of allylic oxidation sites excluding steroid dienone is 2. The molecular formula is C26H24FN3O3. The second-order valence-electron chi connectivity index (χ2n) is 8.74. The van der Waals surface area contributed by atoms with Gasteiger partial charge in [-0.25, -0.2) is 9.37 Å². The van der Waals surface area contributed by atoms with E-state index in [0.717, 1.165) is 16.6 Å². The minimum absolute atomic E-state index is 0.196. The fourth-order valence-electron chi connectivity index (χ4n) is 4.96. The Bertz CT molecular complexity index is 1230. The first-order valence-electron chi connectivity index (χ1n) is 11.1. The summed E-state index contributed by atoms with van der Waals surface area (Å²) in [4.78, 5) is 33.4. The van der Waals surface area contributed by atoms with E-state index >= 15 is 0 Å². The van der Waals surface area contributed by atoms with E-state index < -0.39 is 23.3 Å². The molecule has 3 N–H and O–H groups in total. The molecule has 5 rings (SSSR count). The molecule has 1 aromatic heterocycles. The van der Waals surface area contributed by atoms with Crippen LogP contribution in [-0.2, 0) is 9.59 Å². The topological polar surface area (TPSA) is 95.1 Å². The second kappa shape index (κ2) is 8.31. The summed E-state index contributed by atoms with van der Waals surface area (Å²) in [6, 6.07) is 13.9. The molecule has 168 valence electrons. The molecule has 3 aromatic rings. The fourth-order valence-corrected chi connectivity index (χ4v) is 4.96. The minimum atomic E-state index is -1.25. The van der Waals surface area contributed by atoms with Gasteiger partial charge in [0.2, 0.25) is 5.95 Å². The number of hydrogen-bond acceptors (Lipinski definition) is 4. The molecule has 0 radical (unpaired) electrons. The van der Waals surface area contributed by atoms with Crippen LogP contribution in [0.15, 0.2) is 72.8 Å². The number of halogens is 1. The first kappa shape index (κ1) is 21.1. The molecule has 33 heavy (non-hydrogen) atoms. The Balaban J connectivity index is 1.51. The molecule has 1 saturated carbocycles. The first-order chi connectivity index (χ1) is 15.9. The number of ketones is 1. The monoisotopic (exact) mass is 445 g/mol. The summed E-state index contributed by atoms with van der Waals surface area (Å²) in [5, 5.41) is 12.9. The first-order valence-corrected chi connectivity index (χ1v) is 11.1. The van der Waals surface area contributed by atoms with E-state index in [0.29, 0.717) is 25.2 Å². The third-order valence-electron chi connectivity index (χ3n) is 6.66. The maximum Gasteiger partial charge on any atom is 0.307 e. The van der Waals surface area contributed by atoms with E-state index in [1.165, 1.54) is 12.1 Å². The van der Waals surface area contributed by atoms with Crippen molar-refractivity contribution in [2.45, 2.75) is 30.7 Å². The quantitative estimate of drug-likeness (QED) is 0.472. The van der Waals surface area contributed by atoms with Crippen molar-refractivity contribution in [2.75, 3.05) is 5.32 Å². The minimum Gasteiger partial charge on any atom is -0.481 e. The van der Waals surface area contributed by atoms with E-state index in [-0.39, 0.29) is 17.5 Å². The van der Waals surface area contributed by atoms with Crippen LogP contribution in [0.3, 0.4) is 0 Å². The lowest BCUT2D eigenvalue weighted by Crippen LogP contribution is -2.49. The number of carbonyl (C=O) groups is 2. The molecule has 2 aliphatic rings. The van der Waals surface area contributed by atoms with Gasteiger partial charge in [-0.15, -0.1) is 0 Å². The van der Waals surface area contributed by atoms with Gasteiger partial charge in [-0.3, -0.25) is 9.59 Å². The van der Waals surface area contributed by atoms with Crippen molar-refractivity contribution < 1.29 is 19.1 Å². The number of rotatable bonds is 6. The maximum atomic E-state index is 13.8. The number of benzene rings is 2. The highest BCUT2D eigenvalue weighted by molar-refractivity contribution is 6.00. The molecule has 1 heterocycles. The predicted octanol–water partition coefficient (Wildman–Crippen LogP) is 4.83. The van der Waals surface area contributed by atoms with Crippen LogP contribution in [0, 0.1) is 17.7 Å². The molecule has 0 bridgehead atoms. The Hall–Kier alpha value is -3.74. The molecule has 6 nitrogen and oxygen atoms in total. The van der Waals surface area contributed by atoms with Gasteiger partial charge in [-0.1, -0.05) is 55.0 Å². The number of anilines is 1. The number of imidazole rings is 1. The molecule has 0 saturated heterocycles. The van der Waals surface area contributed by atoms with Crippen molar-refractivity contribution in [3.63, 3.8) is 0 Å². The van der Waals surface area contributed by atoms with E-state index in [2.05, 4.69) is 15.3 Å². The highest BCUT2D eigenvalue weighted by Gasteiger charge is 2.46. The Morgan fingerprint density at radius 2 is 1.82 bits per heavy atom. The summed E-state index contributed by atoms with van der Waals surface area (Å²) in [5.74, 6) is -2.53. The molecule has 0 amide bonds. The highest BCUT2D eigenvalue weighted by atomic mass is 19.1. The van der Waals surface area contributed by atoms with Crippen LogP contribution in [0.5, 0.6) is 0 Å². The van der Waals surface area contributed by atoms with Crippen molar-refractivity contribution in [3.05, 3.63) is 84.2 Å². The van der Waals surface area contributed by atoms with Crippen molar-refractivity contribution in [3.8, 4) is 0 Å². The van der Waals surface area contributed by atoms with Crippen LogP contribution < -0.4 is 5.32 Å². The number of para-hydroxylation sites is 2. The fraction of sp³-hybridized carbons (Fsp3) is 0.269. The zero-order valence-corrected chi connectivity index (χ0v) is 17.9. The summed E-state index contributed by atoms with van der Waals surface area (Å²) in [6.07, 6.45) is 8.96. The lowest BCUT2D eigenvalue weighted by atomic mass is 9.76. The molecule has 2 aromatic carbocycles. The van der Waals surface area contributed by atoms with Crippen molar-refractivity contribution in [1.29, 1.82) is 0 Å². The molecule has 0 unspecified atom stereocenters. The van der Waals surface area contributed by atoms with E-state index in [9.17, 15) is 19.1 Å². The third kappa shape index (κ3) is 3.95. The molecule has 2 atom stereocenters. The summed E-state index contributed by atoms with van der Waals surface area (Å²) >= 11 is 0. The standard InChI is InChI=1S/C26H24FN3O3/c27-18-6-3-5-17(15-18)16-11-13-26(14-12-16,23(31)19-7-4-8-20(19)24(32)33)30-25-28-21-9-1-2-10-22(21)29-25/h1-3,5-6,9-16,19-20H,4,7-8H2,(H,32,33)(H2,28,29,30)/t16?,19-,20-,26?/m1/s1. The maximum absolute atomic E-state index is 13.8. The van der Waals surface area contributed by atoms with Crippen molar-refractivity contribution in [1.82, 2.24) is 9.97 Å². The number of fused-ring (bicyclic) bond motifs is 1. The van der Waals surface area contributed by atoms with Crippen molar-refractivity contribution >= 4 is 28.7 Å². The predicted molar refractivity (Wildman–Crippen MR) is 123 cm³/mol. The number of carboxylic acids is 1. The van der Waals surface area contributed by atoms with Crippen LogP contribution in [0.4, 0.5) is 10.3 Å². The molecule has 0 aliphatic heterocycles. The summed E-state index contributed by atoms with van der Waals surface area (Å²) < 4.78 is 13.7. The number of carbonyl (C=O) groups excluding carboxylic acids is 1. The molecule has 2 aliphatic carbocycles. The van der Waals surface area contributed by atoms with Gasteiger partial charge in [0, 0.05) is 11.8 Å². The van der Waals surface area contributed by atoms with Gasteiger partial charge in [0.1, 0.15) is 11.4 Å². The molecule has 0 spiro atoms. The van der Waals surface area contributed by atoms with Crippen LogP contribution >= 0.6 is 0 Å². The number of aromatic nitrogens is 2. The lowest BCUT2D eigenvalue weighted by Gasteiger charge is -2.34. The zero-order valence-electron chi connectivity index (χ0n) is 17.9. The van der Waals surface area contributed by atoms with E-state index in [1.807, 2.05) is 42.5 Å². The van der Waals surface area contributed by atoms with Gasteiger partial charge in [-0.05, 0) is 42.7 Å². The Morgan fingerprint density at radius 3 is 2.55 bits per heavy atom. The van der Waals surface area contributed by atoms with Crippen LogP contribution in [0.1, 0.15) is 30.7 Å². The van der Waals surface area contributed by atoms with E-state index in [1.54, 1.807) is 18.2 Å². The smallest absolute Gasteiger partial charge is 0.307 e. The second-order valence-corrected chi connectivity index (χ2v) is 8.74. The summed E-state index contributed by atoms with van der Waals surface area (Å²) in [6.45, 7) is 0. The van der Waals surface area contributed by atoms with Gasteiger partial charge >= 0.3 is 5.97 Å². The average Bonchev–Trinajstić information content (AvgIpc) is 3.46. The normalized spacial score (nSPS) is 26.5.